The van der Waals surface area contributed by atoms with Gasteiger partial charge < -0.3 is 15.0 Å². The number of nitrogens with one attached hydrogen (secondary N) is 1. The Labute approximate surface area is 130 Å². The van der Waals surface area contributed by atoms with Gasteiger partial charge in [-0.25, -0.2) is 0 Å². The molecule has 2 N–H and O–H groups in total. The molecule has 0 saturated heterocycles. The summed E-state index contributed by atoms with van der Waals surface area (Å²) in [6.07, 6.45) is 7.86. The number of benzene rings is 1. The predicted octanol–water partition coefficient (Wildman–Crippen LogP) is 2.76. The Hall–Kier alpha value is -2.07. The molecular formula is C18H22N2O2. The van der Waals surface area contributed by atoms with E-state index in [9.17, 15) is 4.79 Å². The average Bonchev–Trinajstić information content (AvgIpc) is 3.10. The number of aliphatic hydroxyl groups excluding tert-OH is 1. The first-order valence-electron chi connectivity index (χ1n) is 7.91. The SMILES string of the molecule is O=C(NC1CCC(CO)CC1)c1ccc(-n2cccc2)cc1. The second-order valence-electron chi connectivity index (χ2n) is 6.01. The fraction of sp³-hybridized carbons (Fsp3) is 0.389. The van der Waals surface area contributed by atoms with Crippen LogP contribution in [-0.4, -0.2) is 28.2 Å². The number of aromatic nitrogens is 1. The minimum absolute atomic E-state index is 0.00787. The molecule has 1 amide bonds. The van der Waals surface area contributed by atoms with E-state index in [1.165, 1.54) is 0 Å². The summed E-state index contributed by atoms with van der Waals surface area (Å²) < 4.78 is 2.01. The van der Waals surface area contributed by atoms with Crippen LogP contribution in [0.15, 0.2) is 48.8 Å². The highest BCUT2D eigenvalue weighted by Gasteiger charge is 2.22. The van der Waals surface area contributed by atoms with E-state index in [2.05, 4.69) is 5.32 Å². The molecule has 0 unspecified atom stereocenters. The molecule has 1 aliphatic carbocycles. The van der Waals surface area contributed by atoms with Crippen molar-refractivity contribution in [1.82, 2.24) is 9.88 Å². The normalized spacial score (nSPS) is 21.5. The summed E-state index contributed by atoms with van der Waals surface area (Å²) in [5.41, 5.74) is 1.74. The van der Waals surface area contributed by atoms with Crippen molar-refractivity contribution in [2.24, 2.45) is 5.92 Å². The minimum Gasteiger partial charge on any atom is -0.396 e. The molecule has 1 heterocycles. The van der Waals surface area contributed by atoms with Crippen LogP contribution in [-0.2, 0) is 0 Å². The van der Waals surface area contributed by atoms with Gasteiger partial charge in [-0.3, -0.25) is 4.79 Å². The van der Waals surface area contributed by atoms with Crippen LogP contribution in [0.4, 0.5) is 0 Å². The number of amides is 1. The smallest absolute Gasteiger partial charge is 0.251 e. The lowest BCUT2D eigenvalue weighted by molar-refractivity contribution is 0.0914. The third-order valence-electron chi connectivity index (χ3n) is 4.47. The molecule has 3 rings (SSSR count). The van der Waals surface area contributed by atoms with E-state index in [1.807, 2.05) is 53.4 Å². The first-order valence-corrected chi connectivity index (χ1v) is 7.91. The van der Waals surface area contributed by atoms with Crippen molar-refractivity contribution in [3.63, 3.8) is 0 Å². The lowest BCUT2D eigenvalue weighted by Gasteiger charge is -2.28. The number of hydrogen-bond acceptors (Lipinski definition) is 2. The lowest BCUT2D eigenvalue weighted by Crippen LogP contribution is -2.38. The van der Waals surface area contributed by atoms with Crippen LogP contribution < -0.4 is 5.32 Å². The number of aliphatic hydroxyl groups is 1. The van der Waals surface area contributed by atoms with Crippen molar-refractivity contribution in [1.29, 1.82) is 0 Å². The molecule has 1 fully saturated rings. The Balaban J connectivity index is 1.58. The van der Waals surface area contributed by atoms with Gasteiger partial charge in [0.15, 0.2) is 0 Å². The number of rotatable bonds is 4. The zero-order valence-electron chi connectivity index (χ0n) is 12.6. The van der Waals surface area contributed by atoms with E-state index in [4.69, 9.17) is 5.11 Å². The highest BCUT2D eigenvalue weighted by Crippen LogP contribution is 2.24. The number of carbonyl (C=O) groups excluding carboxylic acids is 1. The second kappa shape index (κ2) is 6.79. The van der Waals surface area contributed by atoms with Crippen LogP contribution in [0.3, 0.4) is 0 Å². The Kier molecular flexibility index (Phi) is 4.59. The summed E-state index contributed by atoms with van der Waals surface area (Å²) in [4.78, 5) is 12.3. The molecule has 0 atom stereocenters. The van der Waals surface area contributed by atoms with Gasteiger partial charge in [-0.15, -0.1) is 0 Å². The number of hydrogen-bond donors (Lipinski definition) is 2. The molecule has 22 heavy (non-hydrogen) atoms. The molecule has 1 saturated carbocycles. The van der Waals surface area contributed by atoms with Gasteiger partial charge in [-0.1, -0.05) is 0 Å². The molecule has 4 heteroatoms. The standard InChI is InChI=1S/C18H22N2O2/c21-13-14-3-7-16(8-4-14)19-18(22)15-5-9-17(10-6-15)20-11-1-2-12-20/h1-2,5-6,9-12,14,16,21H,3-4,7-8,13H2,(H,19,22). The molecular weight excluding hydrogens is 276 g/mol. The maximum absolute atomic E-state index is 12.3. The zero-order valence-corrected chi connectivity index (χ0v) is 12.6. The zero-order chi connectivity index (χ0) is 15.4. The summed E-state index contributed by atoms with van der Waals surface area (Å²) in [6.45, 7) is 0.265. The molecule has 0 aliphatic heterocycles. The van der Waals surface area contributed by atoms with Gasteiger partial charge in [0.05, 0.1) is 0 Å². The van der Waals surface area contributed by atoms with Crippen molar-refractivity contribution < 1.29 is 9.90 Å². The number of carbonyl (C=O) groups is 1. The number of nitrogens with zero attached hydrogens (tertiary/aromatic N) is 1. The van der Waals surface area contributed by atoms with Gasteiger partial charge >= 0.3 is 0 Å². The van der Waals surface area contributed by atoms with Crippen molar-refractivity contribution in [3.05, 3.63) is 54.4 Å². The molecule has 1 aromatic heterocycles. The maximum Gasteiger partial charge on any atom is 0.251 e. The van der Waals surface area contributed by atoms with Gasteiger partial charge in [-0.05, 0) is 68.0 Å². The van der Waals surface area contributed by atoms with Crippen molar-refractivity contribution in [2.45, 2.75) is 31.7 Å². The average molecular weight is 298 g/mol. The van der Waals surface area contributed by atoms with Crippen LogP contribution in [0.25, 0.3) is 5.69 Å². The molecule has 0 bridgehead atoms. The summed E-state index contributed by atoms with van der Waals surface area (Å²) >= 11 is 0. The van der Waals surface area contributed by atoms with Crippen LogP contribution in [0, 0.1) is 5.92 Å². The summed E-state index contributed by atoms with van der Waals surface area (Å²) in [5, 5.41) is 12.3. The first kappa shape index (κ1) is 14.9. The summed E-state index contributed by atoms with van der Waals surface area (Å²) in [6, 6.07) is 11.8. The van der Waals surface area contributed by atoms with Crippen molar-refractivity contribution in [2.75, 3.05) is 6.61 Å². The molecule has 0 radical (unpaired) electrons. The predicted molar refractivity (Wildman–Crippen MR) is 86.1 cm³/mol. The van der Waals surface area contributed by atoms with Crippen LogP contribution >= 0.6 is 0 Å². The quantitative estimate of drug-likeness (QED) is 0.912. The highest BCUT2D eigenvalue weighted by atomic mass is 16.3. The molecule has 4 nitrogen and oxygen atoms in total. The molecule has 1 aliphatic rings. The summed E-state index contributed by atoms with van der Waals surface area (Å²) in [7, 11) is 0. The highest BCUT2D eigenvalue weighted by molar-refractivity contribution is 5.94. The van der Waals surface area contributed by atoms with E-state index in [-0.39, 0.29) is 18.6 Å². The monoisotopic (exact) mass is 298 g/mol. The van der Waals surface area contributed by atoms with E-state index >= 15 is 0 Å². The first-order chi connectivity index (χ1) is 10.8. The van der Waals surface area contributed by atoms with Crippen molar-refractivity contribution >= 4 is 5.91 Å². The molecule has 2 aromatic rings. The van der Waals surface area contributed by atoms with Gasteiger partial charge in [0, 0.05) is 36.3 Å². The molecule has 0 spiro atoms. The maximum atomic E-state index is 12.3. The minimum atomic E-state index is -0.00787. The third-order valence-corrected chi connectivity index (χ3v) is 4.47. The Morgan fingerprint density at radius 3 is 2.32 bits per heavy atom. The Morgan fingerprint density at radius 1 is 1.09 bits per heavy atom. The Bertz CT molecular complexity index is 597. The topological polar surface area (TPSA) is 54.3 Å². The lowest BCUT2D eigenvalue weighted by atomic mass is 9.86. The van der Waals surface area contributed by atoms with Crippen molar-refractivity contribution in [3.8, 4) is 5.69 Å². The molecule has 1 aromatic carbocycles. The van der Waals surface area contributed by atoms with Gasteiger partial charge in [0.2, 0.25) is 0 Å². The third kappa shape index (κ3) is 3.39. The fourth-order valence-corrected chi connectivity index (χ4v) is 3.05. The largest absolute Gasteiger partial charge is 0.396 e. The Morgan fingerprint density at radius 2 is 1.73 bits per heavy atom. The van der Waals surface area contributed by atoms with Crippen LogP contribution in [0.2, 0.25) is 0 Å². The van der Waals surface area contributed by atoms with Crippen LogP contribution in [0.5, 0.6) is 0 Å². The van der Waals surface area contributed by atoms with E-state index in [1.54, 1.807) is 0 Å². The summed E-state index contributed by atoms with van der Waals surface area (Å²) in [5.74, 6) is 0.403. The van der Waals surface area contributed by atoms with E-state index < -0.39 is 0 Å². The van der Waals surface area contributed by atoms with Gasteiger partial charge in [0.1, 0.15) is 0 Å². The van der Waals surface area contributed by atoms with Crippen LogP contribution in [0.1, 0.15) is 36.0 Å². The second-order valence-corrected chi connectivity index (χ2v) is 6.01. The van der Waals surface area contributed by atoms with Gasteiger partial charge in [0.25, 0.3) is 5.91 Å². The van der Waals surface area contributed by atoms with E-state index in [0.29, 0.717) is 11.5 Å². The van der Waals surface area contributed by atoms with Gasteiger partial charge in [-0.2, -0.15) is 0 Å². The molecule has 116 valence electrons. The fourth-order valence-electron chi connectivity index (χ4n) is 3.05. The van der Waals surface area contributed by atoms with E-state index in [0.717, 1.165) is 31.4 Å².